The third-order valence-corrected chi connectivity index (χ3v) is 7.20. The summed E-state index contributed by atoms with van der Waals surface area (Å²) in [5.74, 6) is -1.52. The lowest BCUT2D eigenvalue weighted by atomic mass is 9.84. The summed E-state index contributed by atoms with van der Waals surface area (Å²) in [6.07, 6.45) is 2.29. The van der Waals surface area contributed by atoms with Crippen LogP contribution >= 0.6 is 11.6 Å². The highest BCUT2D eigenvalue weighted by molar-refractivity contribution is 6.34. The Morgan fingerprint density at radius 3 is 2.23 bits per heavy atom. The first-order chi connectivity index (χ1) is 22.2. The first kappa shape index (κ1) is 39.5. The molecule has 0 saturated carbocycles. The van der Waals surface area contributed by atoms with Crippen LogP contribution in [0, 0.1) is 11.3 Å². The molecular formula is C32H47ClN6O8. The number of halogens is 1. The molecule has 0 saturated heterocycles. The topological polar surface area (TPSA) is 201 Å². The number of hydrogen-bond acceptors (Lipinski definition) is 10. The predicted molar refractivity (Wildman–Crippen MR) is 176 cm³/mol. The Morgan fingerprint density at radius 1 is 0.936 bits per heavy atom. The maximum Gasteiger partial charge on any atom is 0.312 e. The molecule has 5 N–H and O–H groups in total. The highest BCUT2D eigenvalue weighted by Crippen LogP contribution is 2.21. The van der Waals surface area contributed by atoms with Crippen molar-refractivity contribution in [3.63, 3.8) is 0 Å². The summed E-state index contributed by atoms with van der Waals surface area (Å²) in [4.78, 5) is 70.0. The van der Waals surface area contributed by atoms with Gasteiger partial charge in [0, 0.05) is 23.8 Å². The maximum absolute atomic E-state index is 13.1. The summed E-state index contributed by atoms with van der Waals surface area (Å²) in [6.45, 7) is 9.49. The fraction of sp³-hybridized carbons (Fsp3) is 0.594. The number of aromatic nitrogens is 2. The molecule has 0 aliphatic heterocycles. The lowest BCUT2D eigenvalue weighted by Crippen LogP contribution is -2.55. The third-order valence-electron chi connectivity index (χ3n) is 6.90. The SMILES string of the molecule is CC(C)[C@H](NC(=O)COCCOCCOCC(=O)Cc1ccc2ncnc(Cl)c2c1)C(=O)N[C@@H](CCCNC(N)=O)C(=O)C(C)(C)C. The van der Waals surface area contributed by atoms with Gasteiger partial charge < -0.3 is 35.9 Å². The fourth-order valence-corrected chi connectivity index (χ4v) is 4.67. The first-order valence-electron chi connectivity index (χ1n) is 15.5. The van der Waals surface area contributed by atoms with Crippen molar-refractivity contribution in [1.29, 1.82) is 0 Å². The minimum Gasteiger partial charge on any atom is -0.377 e. The zero-order valence-corrected chi connectivity index (χ0v) is 28.5. The van der Waals surface area contributed by atoms with Crippen molar-refractivity contribution >= 4 is 51.9 Å². The zero-order chi connectivity index (χ0) is 35.0. The van der Waals surface area contributed by atoms with Gasteiger partial charge in [-0.1, -0.05) is 52.3 Å². The number of carbonyl (C=O) groups excluding carboxylic acids is 5. The molecule has 0 bridgehead atoms. The van der Waals surface area contributed by atoms with Crippen molar-refractivity contribution < 1.29 is 38.2 Å². The molecule has 0 aliphatic rings. The zero-order valence-electron chi connectivity index (χ0n) is 27.7. The summed E-state index contributed by atoms with van der Waals surface area (Å²) in [5.41, 5.74) is 5.86. The van der Waals surface area contributed by atoms with Gasteiger partial charge >= 0.3 is 6.03 Å². The number of fused-ring (bicyclic) bond motifs is 1. The van der Waals surface area contributed by atoms with Crippen LogP contribution in [-0.2, 0) is 39.8 Å². The van der Waals surface area contributed by atoms with Crippen molar-refractivity contribution in [2.24, 2.45) is 17.1 Å². The molecule has 0 aliphatic carbocycles. The molecule has 1 aromatic heterocycles. The Morgan fingerprint density at radius 2 is 1.60 bits per heavy atom. The molecule has 0 unspecified atom stereocenters. The van der Waals surface area contributed by atoms with Gasteiger partial charge in [0.05, 0.1) is 38.0 Å². The van der Waals surface area contributed by atoms with Gasteiger partial charge in [-0.25, -0.2) is 14.8 Å². The highest BCUT2D eigenvalue weighted by atomic mass is 35.5. The predicted octanol–water partition coefficient (Wildman–Crippen LogP) is 2.13. The summed E-state index contributed by atoms with van der Waals surface area (Å²) in [7, 11) is 0. The van der Waals surface area contributed by atoms with E-state index < -0.39 is 35.3 Å². The second kappa shape index (κ2) is 19.8. The van der Waals surface area contributed by atoms with Gasteiger partial charge in [-0.3, -0.25) is 19.2 Å². The fourth-order valence-electron chi connectivity index (χ4n) is 4.47. The summed E-state index contributed by atoms with van der Waals surface area (Å²) in [6, 6.07) is 3.03. The van der Waals surface area contributed by atoms with Crippen LogP contribution in [0.25, 0.3) is 10.9 Å². The normalized spacial score (nSPS) is 12.8. The van der Waals surface area contributed by atoms with Crippen molar-refractivity contribution in [2.75, 3.05) is 46.2 Å². The van der Waals surface area contributed by atoms with Crippen LogP contribution in [0.15, 0.2) is 24.5 Å². The second-order valence-electron chi connectivity index (χ2n) is 12.3. The van der Waals surface area contributed by atoms with Gasteiger partial charge in [0.1, 0.15) is 30.7 Å². The molecule has 1 heterocycles. The lowest BCUT2D eigenvalue weighted by molar-refractivity contribution is -0.136. The van der Waals surface area contributed by atoms with E-state index in [9.17, 15) is 24.0 Å². The Balaban J connectivity index is 1.66. The molecule has 0 radical (unpaired) electrons. The molecule has 260 valence electrons. The number of nitrogens with one attached hydrogen (secondary N) is 3. The van der Waals surface area contributed by atoms with E-state index >= 15 is 0 Å². The van der Waals surface area contributed by atoms with E-state index in [2.05, 4.69) is 25.9 Å². The summed E-state index contributed by atoms with van der Waals surface area (Å²) < 4.78 is 16.2. The standard InChI is InChI=1S/C32H47ClN6O8/c1-20(2)27(30(43)38-25(28(42)32(3,4)5)7-6-10-35-31(34)44)39-26(41)18-47-14-12-45-11-13-46-17-22(40)15-21-8-9-24-23(16-21)29(33)37-19-36-24/h8-9,16,19-20,25,27H,6-7,10-15,17-18H2,1-5H3,(H,38,43)(H,39,41)(H3,34,35,44)/t25-,27-/m0/s1. The van der Waals surface area contributed by atoms with E-state index in [0.717, 1.165) is 5.56 Å². The largest absolute Gasteiger partial charge is 0.377 e. The third kappa shape index (κ3) is 14.7. The molecule has 47 heavy (non-hydrogen) atoms. The molecule has 2 aromatic rings. The number of carbonyl (C=O) groups is 5. The smallest absolute Gasteiger partial charge is 0.312 e. The van der Waals surface area contributed by atoms with Gasteiger partial charge in [-0.05, 0) is 36.5 Å². The molecule has 2 rings (SSSR count). The van der Waals surface area contributed by atoms with Crippen molar-refractivity contribution in [1.82, 2.24) is 25.9 Å². The number of primary amides is 1. The monoisotopic (exact) mass is 678 g/mol. The van der Waals surface area contributed by atoms with Crippen molar-refractivity contribution in [3.05, 3.63) is 35.2 Å². The van der Waals surface area contributed by atoms with Crippen LogP contribution in [0.2, 0.25) is 5.15 Å². The number of nitrogens with two attached hydrogens (primary N) is 1. The van der Waals surface area contributed by atoms with Gasteiger partial charge in [-0.2, -0.15) is 0 Å². The van der Waals surface area contributed by atoms with Gasteiger partial charge in [0.25, 0.3) is 0 Å². The highest BCUT2D eigenvalue weighted by Gasteiger charge is 2.33. The number of ketones is 2. The average molecular weight is 679 g/mol. The Labute approximate surface area is 280 Å². The number of nitrogens with zero attached hydrogens (tertiary/aromatic N) is 2. The van der Waals surface area contributed by atoms with Crippen molar-refractivity contribution in [2.45, 2.75) is 66.0 Å². The number of benzene rings is 1. The molecule has 15 heteroatoms. The van der Waals surface area contributed by atoms with E-state index in [1.807, 2.05) is 6.07 Å². The molecule has 2 atom stereocenters. The molecule has 1 aromatic carbocycles. The minimum absolute atomic E-state index is 0.0701. The molecule has 14 nitrogen and oxygen atoms in total. The lowest BCUT2D eigenvalue weighted by Gasteiger charge is -2.28. The van der Waals surface area contributed by atoms with Crippen LogP contribution in [-0.4, -0.2) is 97.6 Å². The Kier molecular flexibility index (Phi) is 16.6. The van der Waals surface area contributed by atoms with E-state index in [-0.39, 0.29) is 70.1 Å². The number of Topliss-reactive ketones (excluding diaryl/α,β-unsaturated/α-hetero) is 2. The number of hydrogen-bond donors (Lipinski definition) is 4. The van der Waals surface area contributed by atoms with Crippen LogP contribution in [0.3, 0.4) is 0 Å². The number of ether oxygens (including phenoxy) is 3. The van der Waals surface area contributed by atoms with Gasteiger partial charge in [0.15, 0.2) is 11.6 Å². The van der Waals surface area contributed by atoms with Crippen LogP contribution in [0.1, 0.15) is 53.0 Å². The molecule has 4 amide bonds. The number of amides is 4. The number of rotatable bonds is 21. The van der Waals surface area contributed by atoms with Gasteiger partial charge in [0.2, 0.25) is 11.8 Å². The molecule has 0 fully saturated rings. The average Bonchev–Trinajstić information content (AvgIpc) is 2.99. The van der Waals surface area contributed by atoms with Crippen LogP contribution in [0.4, 0.5) is 4.79 Å². The summed E-state index contributed by atoms with van der Waals surface area (Å²) in [5, 5.41) is 8.93. The second-order valence-corrected chi connectivity index (χ2v) is 12.7. The van der Waals surface area contributed by atoms with Gasteiger partial charge in [-0.15, -0.1) is 0 Å². The maximum atomic E-state index is 13.1. The van der Waals surface area contributed by atoms with E-state index in [1.165, 1.54) is 6.33 Å². The van der Waals surface area contributed by atoms with Crippen LogP contribution in [0.5, 0.6) is 0 Å². The quantitative estimate of drug-likeness (QED) is 0.112. The number of urea groups is 1. The molecule has 0 spiro atoms. The summed E-state index contributed by atoms with van der Waals surface area (Å²) >= 11 is 6.11. The Bertz CT molecular complexity index is 1370. The Hall–Kier alpha value is -3.72. The van der Waals surface area contributed by atoms with E-state index in [0.29, 0.717) is 28.9 Å². The molecular weight excluding hydrogens is 632 g/mol. The van der Waals surface area contributed by atoms with Crippen molar-refractivity contribution in [3.8, 4) is 0 Å². The minimum atomic E-state index is -0.894. The van der Waals surface area contributed by atoms with E-state index in [4.69, 9.17) is 31.5 Å². The van der Waals surface area contributed by atoms with Crippen LogP contribution < -0.4 is 21.7 Å². The first-order valence-corrected chi connectivity index (χ1v) is 15.9. The van der Waals surface area contributed by atoms with E-state index in [1.54, 1.807) is 46.8 Å².